The minimum absolute atomic E-state index is 0.0805. The van der Waals surface area contributed by atoms with Gasteiger partial charge in [0.2, 0.25) is 0 Å². The SMILES string of the molecule is CCCNC(Cn1ncn(C)c1=O)c1ccc(C)cc1C. The van der Waals surface area contributed by atoms with Crippen molar-refractivity contribution >= 4 is 0 Å². The number of aryl methyl sites for hydroxylation is 3. The Labute approximate surface area is 125 Å². The van der Waals surface area contributed by atoms with Gasteiger partial charge < -0.3 is 5.32 Å². The first kappa shape index (κ1) is 15.5. The Morgan fingerprint density at radius 1 is 1.33 bits per heavy atom. The highest BCUT2D eigenvalue weighted by Crippen LogP contribution is 2.20. The van der Waals surface area contributed by atoms with Gasteiger partial charge in [-0.15, -0.1) is 0 Å². The van der Waals surface area contributed by atoms with Gasteiger partial charge in [0.05, 0.1) is 12.6 Å². The van der Waals surface area contributed by atoms with Gasteiger partial charge >= 0.3 is 5.69 Å². The Hall–Kier alpha value is -1.88. The molecule has 1 atom stereocenters. The van der Waals surface area contributed by atoms with Crippen molar-refractivity contribution in [1.29, 1.82) is 0 Å². The molecule has 1 N–H and O–H groups in total. The fraction of sp³-hybridized carbons (Fsp3) is 0.500. The summed E-state index contributed by atoms with van der Waals surface area (Å²) in [7, 11) is 1.72. The molecule has 5 heteroatoms. The van der Waals surface area contributed by atoms with Crippen LogP contribution in [0, 0.1) is 13.8 Å². The Bertz CT molecular complexity index is 657. The van der Waals surface area contributed by atoms with Gasteiger partial charge in [0.1, 0.15) is 6.33 Å². The Kier molecular flexibility index (Phi) is 4.96. The number of benzene rings is 1. The summed E-state index contributed by atoms with van der Waals surface area (Å²) in [5, 5.41) is 7.69. The molecule has 21 heavy (non-hydrogen) atoms. The van der Waals surface area contributed by atoms with Gasteiger partial charge in [-0.2, -0.15) is 5.10 Å². The van der Waals surface area contributed by atoms with Crippen LogP contribution in [0.3, 0.4) is 0 Å². The summed E-state index contributed by atoms with van der Waals surface area (Å²) in [5.74, 6) is 0. The molecule has 114 valence electrons. The van der Waals surface area contributed by atoms with Crippen molar-refractivity contribution in [3.63, 3.8) is 0 Å². The number of hydrogen-bond acceptors (Lipinski definition) is 3. The van der Waals surface area contributed by atoms with Crippen LogP contribution >= 0.6 is 0 Å². The van der Waals surface area contributed by atoms with Crippen LogP contribution < -0.4 is 11.0 Å². The maximum Gasteiger partial charge on any atom is 0.345 e. The number of nitrogens with one attached hydrogen (secondary N) is 1. The molecule has 1 aromatic carbocycles. The van der Waals surface area contributed by atoms with Crippen LogP contribution in [0.4, 0.5) is 0 Å². The van der Waals surface area contributed by atoms with Crippen LogP contribution in [0.5, 0.6) is 0 Å². The highest BCUT2D eigenvalue weighted by Gasteiger charge is 2.16. The zero-order valence-electron chi connectivity index (χ0n) is 13.3. The third kappa shape index (κ3) is 3.61. The van der Waals surface area contributed by atoms with Crippen LogP contribution in [-0.2, 0) is 13.6 Å². The first-order valence-electron chi connectivity index (χ1n) is 7.42. The topological polar surface area (TPSA) is 51.9 Å². The number of rotatable bonds is 6. The van der Waals surface area contributed by atoms with Crippen molar-refractivity contribution in [3.8, 4) is 0 Å². The molecule has 0 saturated carbocycles. The van der Waals surface area contributed by atoms with E-state index in [0.717, 1.165) is 13.0 Å². The van der Waals surface area contributed by atoms with Crippen molar-refractivity contribution in [2.45, 2.75) is 39.8 Å². The summed E-state index contributed by atoms with van der Waals surface area (Å²) < 4.78 is 3.02. The maximum atomic E-state index is 12.0. The zero-order valence-corrected chi connectivity index (χ0v) is 13.3. The second-order valence-electron chi connectivity index (χ2n) is 5.57. The van der Waals surface area contributed by atoms with Gasteiger partial charge in [-0.05, 0) is 37.9 Å². The summed E-state index contributed by atoms with van der Waals surface area (Å²) in [6, 6.07) is 6.53. The van der Waals surface area contributed by atoms with E-state index in [9.17, 15) is 4.79 Å². The average Bonchev–Trinajstić information content (AvgIpc) is 2.75. The second kappa shape index (κ2) is 6.72. The van der Waals surface area contributed by atoms with Crippen molar-refractivity contribution < 1.29 is 0 Å². The maximum absolute atomic E-state index is 12.0. The summed E-state index contributed by atoms with van der Waals surface area (Å²) in [6.45, 7) is 7.81. The Morgan fingerprint density at radius 3 is 2.67 bits per heavy atom. The lowest BCUT2D eigenvalue weighted by molar-refractivity contribution is 0.427. The molecule has 1 unspecified atom stereocenters. The van der Waals surface area contributed by atoms with Crippen LogP contribution in [-0.4, -0.2) is 20.9 Å². The highest BCUT2D eigenvalue weighted by molar-refractivity contribution is 5.32. The molecule has 1 heterocycles. The van der Waals surface area contributed by atoms with E-state index in [4.69, 9.17) is 0 Å². The van der Waals surface area contributed by atoms with E-state index in [1.54, 1.807) is 13.4 Å². The molecule has 0 amide bonds. The standard InChI is InChI=1S/C16H24N4O/c1-5-8-17-15(10-20-16(21)19(4)11-18-20)14-7-6-12(2)9-13(14)3/h6-7,9,11,15,17H,5,8,10H2,1-4H3. The monoisotopic (exact) mass is 288 g/mol. The van der Waals surface area contributed by atoms with Crippen LogP contribution in [0.15, 0.2) is 29.3 Å². The molecule has 0 spiro atoms. The van der Waals surface area contributed by atoms with Gasteiger partial charge in [0.15, 0.2) is 0 Å². The molecule has 0 radical (unpaired) electrons. The Balaban J connectivity index is 2.29. The van der Waals surface area contributed by atoms with Gasteiger partial charge in [0.25, 0.3) is 0 Å². The Morgan fingerprint density at radius 2 is 2.10 bits per heavy atom. The quantitative estimate of drug-likeness (QED) is 0.884. The predicted octanol–water partition coefficient (Wildman–Crippen LogP) is 1.94. The summed E-state index contributed by atoms with van der Waals surface area (Å²) in [6.07, 6.45) is 2.61. The molecule has 0 bridgehead atoms. The lowest BCUT2D eigenvalue weighted by Gasteiger charge is -2.21. The van der Waals surface area contributed by atoms with Crippen molar-refractivity contribution in [2.75, 3.05) is 6.54 Å². The first-order valence-corrected chi connectivity index (χ1v) is 7.42. The van der Waals surface area contributed by atoms with Gasteiger partial charge in [-0.3, -0.25) is 4.57 Å². The third-order valence-corrected chi connectivity index (χ3v) is 3.68. The lowest BCUT2D eigenvalue weighted by Crippen LogP contribution is -2.32. The lowest BCUT2D eigenvalue weighted by atomic mass is 9.99. The van der Waals surface area contributed by atoms with Crippen LogP contribution in [0.2, 0.25) is 0 Å². The van der Waals surface area contributed by atoms with E-state index in [0.29, 0.717) is 6.54 Å². The first-order chi connectivity index (χ1) is 10.0. The summed E-state index contributed by atoms with van der Waals surface area (Å²) >= 11 is 0. The minimum atomic E-state index is -0.0805. The van der Waals surface area contributed by atoms with Gasteiger partial charge in [-0.25, -0.2) is 9.48 Å². The molecule has 0 aliphatic heterocycles. The van der Waals surface area contributed by atoms with Crippen molar-refractivity contribution in [3.05, 3.63) is 51.7 Å². The fourth-order valence-electron chi connectivity index (χ4n) is 2.53. The van der Waals surface area contributed by atoms with Gasteiger partial charge in [0, 0.05) is 7.05 Å². The highest BCUT2D eigenvalue weighted by atomic mass is 16.2. The van der Waals surface area contributed by atoms with E-state index >= 15 is 0 Å². The summed E-state index contributed by atoms with van der Waals surface area (Å²) in [4.78, 5) is 12.0. The van der Waals surface area contributed by atoms with Crippen molar-refractivity contribution in [1.82, 2.24) is 19.7 Å². The molecule has 2 rings (SSSR count). The summed E-state index contributed by atoms with van der Waals surface area (Å²) in [5.41, 5.74) is 3.64. The second-order valence-corrected chi connectivity index (χ2v) is 5.57. The molecule has 0 aliphatic rings. The third-order valence-electron chi connectivity index (χ3n) is 3.68. The molecule has 1 aromatic heterocycles. The van der Waals surface area contributed by atoms with E-state index in [1.165, 1.54) is 25.9 Å². The molecule has 0 aliphatic carbocycles. The molecular weight excluding hydrogens is 264 g/mol. The number of aromatic nitrogens is 3. The molecule has 5 nitrogen and oxygen atoms in total. The normalized spacial score (nSPS) is 12.6. The molecule has 0 fully saturated rings. The van der Waals surface area contributed by atoms with Crippen LogP contribution in [0.25, 0.3) is 0 Å². The van der Waals surface area contributed by atoms with E-state index in [1.807, 2.05) is 0 Å². The number of nitrogens with zero attached hydrogens (tertiary/aromatic N) is 3. The molecular formula is C16H24N4O. The van der Waals surface area contributed by atoms with E-state index in [-0.39, 0.29) is 11.7 Å². The van der Waals surface area contributed by atoms with E-state index in [2.05, 4.69) is 49.4 Å². The smallest absolute Gasteiger partial charge is 0.308 e. The van der Waals surface area contributed by atoms with Crippen molar-refractivity contribution in [2.24, 2.45) is 7.05 Å². The van der Waals surface area contributed by atoms with Crippen LogP contribution in [0.1, 0.15) is 36.1 Å². The number of hydrogen-bond donors (Lipinski definition) is 1. The average molecular weight is 288 g/mol. The molecule has 0 saturated heterocycles. The zero-order chi connectivity index (χ0) is 15.4. The fourth-order valence-corrected chi connectivity index (χ4v) is 2.53. The minimum Gasteiger partial charge on any atom is -0.308 e. The largest absolute Gasteiger partial charge is 0.345 e. The van der Waals surface area contributed by atoms with E-state index < -0.39 is 0 Å². The predicted molar refractivity (Wildman–Crippen MR) is 84.4 cm³/mol. The van der Waals surface area contributed by atoms with Gasteiger partial charge in [-0.1, -0.05) is 30.7 Å². The molecule has 2 aromatic rings.